The summed E-state index contributed by atoms with van der Waals surface area (Å²) >= 11 is 0. The number of carbonyl (C=O) groups excluding carboxylic acids is 1. The molecule has 0 atom stereocenters. The number of guanidine groups is 1. The van der Waals surface area contributed by atoms with Crippen LogP contribution >= 0.6 is 24.0 Å². The van der Waals surface area contributed by atoms with Crippen molar-refractivity contribution in [2.75, 3.05) is 50.0 Å². The quantitative estimate of drug-likeness (QED) is 0.374. The molecule has 0 aliphatic carbocycles. The third kappa shape index (κ3) is 6.28. The molecule has 0 bridgehead atoms. The van der Waals surface area contributed by atoms with Gasteiger partial charge in [-0.2, -0.15) is 0 Å². The van der Waals surface area contributed by atoms with Gasteiger partial charge in [0.1, 0.15) is 11.6 Å². The molecule has 3 rings (SSSR count). The van der Waals surface area contributed by atoms with Crippen molar-refractivity contribution in [3.63, 3.8) is 0 Å². The maximum atomic E-state index is 14.0. The van der Waals surface area contributed by atoms with Crippen molar-refractivity contribution in [3.8, 4) is 0 Å². The van der Waals surface area contributed by atoms with Crippen LogP contribution in [-0.4, -0.2) is 56.5 Å². The molecule has 1 aliphatic rings. The van der Waals surface area contributed by atoms with Crippen LogP contribution in [0.2, 0.25) is 0 Å². The van der Waals surface area contributed by atoms with E-state index in [1.807, 2.05) is 40.1 Å². The van der Waals surface area contributed by atoms with Crippen LogP contribution in [0.15, 0.2) is 53.5 Å². The maximum Gasteiger partial charge on any atom is 0.243 e. The Morgan fingerprint density at radius 3 is 2.41 bits per heavy atom. The number of hydrogen-bond donors (Lipinski definition) is 2. The van der Waals surface area contributed by atoms with Crippen molar-refractivity contribution in [1.82, 2.24) is 10.2 Å². The minimum atomic E-state index is -0.458. The van der Waals surface area contributed by atoms with E-state index >= 15 is 0 Å². The summed E-state index contributed by atoms with van der Waals surface area (Å²) in [4.78, 5) is 20.1. The number of nitrogens with zero attached hydrogens (tertiary/aromatic N) is 3. The molecular weight excluding hydrogens is 491 g/mol. The van der Waals surface area contributed by atoms with Gasteiger partial charge < -0.3 is 20.4 Å². The Labute approximate surface area is 186 Å². The molecule has 1 aliphatic heterocycles. The van der Waals surface area contributed by atoms with Crippen molar-refractivity contribution < 1.29 is 13.6 Å². The van der Waals surface area contributed by atoms with Gasteiger partial charge in [-0.25, -0.2) is 8.78 Å². The zero-order valence-electron chi connectivity index (χ0n) is 16.1. The summed E-state index contributed by atoms with van der Waals surface area (Å²) < 4.78 is 27.4. The van der Waals surface area contributed by atoms with E-state index in [4.69, 9.17) is 0 Å². The lowest BCUT2D eigenvalue weighted by Crippen LogP contribution is -2.53. The zero-order valence-corrected chi connectivity index (χ0v) is 18.4. The van der Waals surface area contributed by atoms with E-state index < -0.39 is 11.6 Å². The average Bonchev–Trinajstić information content (AvgIpc) is 2.71. The maximum absolute atomic E-state index is 14.0. The second kappa shape index (κ2) is 10.9. The first-order valence-corrected chi connectivity index (χ1v) is 9.07. The summed E-state index contributed by atoms with van der Waals surface area (Å²) in [5.41, 5.74) is 1.000. The Morgan fingerprint density at radius 1 is 1.07 bits per heavy atom. The molecule has 1 saturated heterocycles. The highest BCUT2D eigenvalue weighted by Crippen LogP contribution is 2.21. The molecule has 1 heterocycles. The third-order valence-corrected chi connectivity index (χ3v) is 4.50. The molecule has 2 aromatic rings. The van der Waals surface area contributed by atoms with Crippen LogP contribution < -0.4 is 15.5 Å². The summed E-state index contributed by atoms with van der Waals surface area (Å²) in [7, 11) is 1.65. The Hall–Kier alpha value is -2.43. The summed E-state index contributed by atoms with van der Waals surface area (Å²) in [6, 6.07) is 12.7. The molecule has 9 heteroatoms. The number of hydrogen-bond acceptors (Lipinski definition) is 3. The number of nitrogens with one attached hydrogen (secondary N) is 2. The molecule has 0 spiro atoms. The van der Waals surface area contributed by atoms with Gasteiger partial charge in [-0.15, -0.1) is 24.0 Å². The molecule has 0 aromatic heterocycles. The lowest BCUT2D eigenvalue weighted by Gasteiger charge is -2.37. The van der Waals surface area contributed by atoms with Crippen LogP contribution in [0.4, 0.5) is 20.2 Å². The number of benzene rings is 2. The third-order valence-electron chi connectivity index (χ3n) is 4.50. The van der Waals surface area contributed by atoms with Crippen LogP contribution in [0.25, 0.3) is 0 Å². The number of para-hydroxylation sites is 1. The van der Waals surface area contributed by atoms with Gasteiger partial charge in [-0.3, -0.25) is 9.79 Å². The van der Waals surface area contributed by atoms with Crippen molar-refractivity contribution in [1.29, 1.82) is 0 Å². The molecule has 156 valence electrons. The number of aliphatic imine (C=N–C) groups is 1. The van der Waals surface area contributed by atoms with E-state index in [1.54, 1.807) is 7.05 Å². The largest absolute Gasteiger partial charge is 0.366 e. The average molecular weight is 515 g/mol. The van der Waals surface area contributed by atoms with Crippen LogP contribution in [0, 0.1) is 11.6 Å². The molecule has 1 amide bonds. The SMILES string of the molecule is CN=C(NCC(=O)Nc1ccccc1)N1CCN(c2cc(F)ccc2F)CC1.I. The highest BCUT2D eigenvalue weighted by molar-refractivity contribution is 14.0. The van der Waals surface area contributed by atoms with E-state index in [0.717, 1.165) is 17.8 Å². The van der Waals surface area contributed by atoms with Crippen molar-refractivity contribution >= 4 is 47.2 Å². The standard InChI is InChI=1S/C20H23F2N5O.HI/c1-23-20(24-14-19(28)25-16-5-3-2-4-6-16)27-11-9-26(10-12-27)18-13-15(21)7-8-17(18)22;/h2-8,13H,9-12,14H2,1H3,(H,23,24)(H,25,28);1H. The highest BCUT2D eigenvalue weighted by Gasteiger charge is 2.22. The Balaban J connectivity index is 0.00000300. The fourth-order valence-corrected chi connectivity index (χ4v) is 3.11. The molecule has 0 saturated carbocycles. The molecule has 0 unspecified atom stereocenters. The molecule has 2 aromatic carbocycles. The Kier molecular flexibility index (Phi) is 8.62. The first kappa shape index (κ1) is 22.9. The summed E-state index contributed by atoms with van der Waals surface area (Å²) in [6.07, 6.45) is 0. The molecule has 2 N–H and O–H groups in total. The second-order valence-corrected chi connectivity index (χ2v) is 6.38. The predicted molar refractivity (Wildman–Crippen MR) is 122 cm³/mol. The smallest absolute Gasteiger partial charge is 0.243 e. The topological polar surface area (TPSA) is 60.0 Å². The summed E-state index contributed by atoms with van der Waals surface area (Å²) in [5, 5.41) is 5.85. The van der Waals surface area contributed by atoms with Gasteiger partial charge in [-0.1, -0.05) is 18.2 Å². The predicted octanol–water partition coefficient (Wildman–Crippen LogP) is 2.92. The van der Waals surface area contributed by atoms with Gasteiger partial charge >= 0.3 is 0 Å². The van der Waals surface area contributed by atoms with Crippen molar-refractivity contribution in [2.24, 2.45) is 4.99 Å². The summed E-state index contributed by atoms with van der Waals surface area (Å²) in [6.45, 7) is 2.29. The van der Waals surface area contributed by atoms with Gasteiger partial charge in [0.15, 0.2) is 5.96 Å². The zero-order chi connectivity index (χ0) is 19.9. The number of piperazine rings is 1. The van der Waals surface area contributed by atoms with Crippen LogP contribution in [0.1, 0.15) is 0 Å². The number of halogens is 3. The van der Waals surface area contributed by atoms with Gasteiger partial charge in [-0.05, 0) is 24.3 Å². The number of amides is 1. The lowest BCUT2D eigenvalue weighted by molar-refractivity contribution is -0.115. The van der Waals surface area contributed by atoms with Crippen LogP contribution in [0.3, 0.4) is 0 Å². The Morgan fingerprint density at radius 2 is 1.76 bits per heavy atom. The number of anilines is 2. The first-order valence-electron chi connectivity index (χ1n) is 9.07. The van der Waals surface area contributed by atoms with Crippen molar-refractivity contribution in [2.45, 2.75) is 0 Å². The van der Waals surface area contributed by atoms with Crippen LogP contribution in [0.5, 0.6) is 0 Å². The van der Waals surface area contributed by atoms with Gasteiger partial charge in [0, 0.05) is 45.0 Å². The molecule has 1 fully saturated rings. The van der Waals surface area contributed by atoms with Crippen molar-refractivity contribution in [3.05, 3.63) is 60.2 Å². The molecular formula is C20H24F2IN5O. The molecule has 29 heavy (non-hydrogen) atoms. The minimum absolute atomic E-state index is 0. The molecule has 0 radical (unpaired) electrons. The van der Waals surface area contributed by atoms with Gasteiger partial charge in [0.25, 0.3) is 0 Å². The van der Waals surface area contributed by atoms with E-state index in [9.17, 15) is 13.6 Å². The minimum Gasteiger partial charge on any atom is -0.366 e. The highest BCUT2D eigenvalue weighted by atomic mass is 127. The van der Waals surface area contributed by atoms with E-state index in [0.29, 0.717) is 32.1 Å². The van der Waals surface area contributed by atoms with Gasteiger partial charge in [0.05, 0.1) is 12.2 Å². The van der Waals surface area contributed by atoms with Crippen LogP contribution in [-0.2, 0) is 4.79 Å². The van der Waals surface area contributed by atoms with E-state index in [2.05, 4.69) is 15.6 Å². The Bertz CT molecular complexity index is 842. The lowest BCUT2D eigenvalue weighted by atomic mass is 10.2. The van der Waals surface area contributed by atoms with E-state index in [1.165, 1.54) is 6.07 Å². The summed E-state index contributed by atoms with van der Waals surface area (Å²) in [5.74, 6) is -0.467. The fraction of sp³-hybridized carbons (Fsp3) is 0.300. The molecule has 6 nitrogen and oxygen atoms in total. The van der Waals surface area contributed by atoms with Gasteiger partial charge in [0.2, 0.25) is 5.91 Å². The first-order chi connectivity index (χ1) is 13.6. The second-order valence-electron chi connectivity index (χ2n) is 6.38. The normalized spacial score (nSPS) is 14.2. The number of carbonyl (C=O) groups is 1. The number of rotatable bonds is 4. The fourth-order valence-electron chi connectivity index (χ4n) is 3.11. The monoisotopic (exact) mass is 515 g/mol. The van der Waals surface area contributed by atoms with E-state index in [-0.39, 0.29) is 42.1 Å².